The van der Waals surface area contributed by atoms with Gasteiger partial charge in [-0.05, 0) is 37.0 Å². The van der Waals surface area contributed by atoms with Crippen molar-refractivity contribution in [3.63, 3.8) is 0 Å². The van der Waals surface area contributed by atoms with Crippen LogP contribution in [0.25, 0.3) is 0 Å². The van der Waals surface area contributed by atoms with Crippen LogP contribution in [-0.4, -0.2) is 7.11 Å². The van der Waals surface area contributed by atoms with E-state index in [9.17, 15) is 0 Å². The average molecular weight is 187 g/mol. The lowest BCUT2D eigenvalue weighted by Gasteiger charge is -2.41. The van der Waals surface area contributed by atoms with Gasteiger partial charge in [-0.3, -0.25) is 0 Å². The first-order valence-electron chi connectivity index (χ1n) is 4.86. The molecule has 72 valence electrons. The van der Waals surface area contributed by atoms with Crippen LogP contribution in [-0.2, 0) is 10.3 Å². The molecule has 1 saturated carbocycles. The van der Waals surface area contributed by atoms with E-state index in [-0.39, 0.29) is 5.60 Å². The van der Waals surface area contributed by atoms with Crippen LogP contribution in [0.4, 0.5) is 0 Å². The van der Waals surface area contributed by atoms with E-state index in [1.165, 1.54) is 12.0 Å². The van der Waals surface area contributed by atoms with Crippen molar-refractivity contribution >= 4 is 0 Å². The molecule has 2 nitrogen and oxygen atoms in total. The Labute approximate surface area is 84.1 Å². The van der Waals surface area contributed by atoms with E-state index in [2.05, 4.69) is 6.07 Å². The van der Waals surface area contributed by atoms with Crippen molar-refractivity contribution < 1.29 is 4.74 Å². The molecule has 0 unspecified atom stereocenters. The number of hydrogen-bond donors (Lipinski definition) is 0. The van der Waals surface area contributed by atoms with Gasteiger partial charge in [0.1, 0.15) is 0 Å². The fourth-order valence-electron chi connectivity index (χ4n) is 1.96. The molecule has 0 bridgehead atoms. The molecular weight excluding hydrogens is 174 g/mol. The maximum absolute atomic E-state index is 8.68. The van der Waals surface area contributed by atoms with Gasteiger partial charge in [-0.25, -0.2) is 0 Å². The zero-order valence-electron chi connectivity index (χ0n) is 8.29. The summed E-state index contributed by atoms with van der Waals surface area (Å²) in [4.78, 5) is 0. The summed E-state index contributed by atoms with van der Waals surface area (Å²) >= 11 is 0. The number of nitriles is 1. The number of nitrogens with zero attached hydrogens (tertiary/aromatic N) is 1. The van der Waals surface area contributed by atoms with Crippen LogP contribution in [0.15, 0.2) is 24.3 Å². The van der Waals surface area contributed by atoms with Gasteiger partial charge in [-0.2, -0.15) is 5.26 Å². The molecule has 14 heavy (non-hydrogen) atoms. The molecule has 1 aromatic rings. The predicted octanol–water partition coefficient (Wildman–Crippen LogP) is 2.58. The van der Waals surface area contributed by atoms with Crippen molar-refractivity contribution in [1.29, 1.82) is 5.26 Å². The normalized spacial score (nSPS) is 18.3. The van der Waals surface area contributed by atoms with Gasteiger partial charge in [0.25, 0.3) is 0 Å². The molecule has 1 aliphatic rings. The molecule has 0 atom stereocenters. The van der Waals surface area contributed by atoms with Crippen LogP contribution in [0.3, 0.4) is 0 Å². The van der Waals surface area contributed by atoms with Gasteiger partial charge < -0.3 is 4.74 Å². The van der Waals surface area contributed by atoms with E-state index >= 15 is 0 Å². The molecule has 0 heterocycles. The summed E-state index contributed by atoms with van der Waals surface area (Å²) < 4.78 is 5.55. The quantitative estimate of drug-likeness (QED) is 0.713. The highest BCUT2D eigenvalue weighted by Gasteiger charge is 2.38. The van der Waals surface area contributed by atoms with Crippen LogP contribution in [0.2, 0.25) is 0 Å². The molecule has 1 aromatic carbocycles. The van der Waals surface area contributed by atoms with Gasteiger partial charge in [0.05, 0.1) is 17.2 Å². The first-order chi connectivity index (χ1) is 6.80. The Morgan fingerprint density at radius 2 is 1.93 bits per heavy atom. The van der Waals surface area contributed by atoms with Gasteiger partial charge >= 0.3 is 0 Å². The third-order valence-corrected chi connectivity index (χ3v) is 3.09. The second kappa shape index (κ2) is 3.43. The van der Waals surface area contributed by atoms with Crippen molar-refractivity contribution in [1.82, 2.24) is 0 Å². The Morgan fingerprint density at radius 1 is 1.29 bits per heavy atom. The standard InChI is InChI=1S/C12H13NO/c1-14-12(7-2-8-12)11-5-3-10(9-13)4-6-11/h3-6H,2,7-8H2,1H3. The first kappa shape index (κ1) is 9.23. The van der Waals surface area contributed by atoms with Crippen molar-refractivity contribution in [2.45, 2.75) is 24.9 Å². The summed E-state index contributed by atoms with van der Waals surface area (Å²) in [6.45, 7) is 0. The van der Waals surface area contributed by atoms with Crippen LogP contribution in [0.5, 0.6) is 0 Å². The van der Waals surface area contributed by atoms with Gasteiger partial charge in [-0.1, -0.05) is 12.1 Å². The number of hydrogen-bond acceptors (Lipinski definition) is 2. The largest absolute Gasteiger partial charge is 0.374 e. The Bertz CT molecular complexity index is 351. The molecule has 2 heteroatoms. The molecule has 0 radical (unpaired) electrons. The third kappa shape index (κ3) is 1.30. The highest BCUT2D eigenvalue weighted by molar-refractivity contribution is 5.35. The Hall–Kier alpha value is -1.33. The average Bonchev–Trinajstić information content (AvgIpc) is 2.18. The van der Waals surface area contributed by atoms with E-state index in [0.717, 1.165) is 12.8 Å². The zero-order chi connectivity index (χ0) is 10.0. The maximum atomic E-state index is 8.68. The summed E-state index contributed by atoms with van der Waals surface area (Å²) in [7, 11) is 1.76. The zero-order valence-corrected chi connectivity index (χ0v) is 8.29. The van der Waals surface area contributed by atoms with E-state index in [1.807, 2.05) is 24.3 Å². The highest BCUT2D eigenvalue weighted by atomic mass is 16.5. The fourth-order valence-corrected chi connectivity index (χ4v) is 1.96. The first-order valence-corrected chi connectivity index (χ1v) is 4.86. The number of ether oxygens (including phenoxy) is 1. The predicted molar refractivity (Wildman–Crippen MR) is 53.7 cm³/mol. The molecule has 1 aliphatic carbocycles. The van der Waals surface area contributed by atoms with Crippen LogP contribution >= 0.6 is 0 Å². The van der Waals surface area contributed by atoms with Gasteiger partial charge in [0.15, 0.2) is 0 Å². The monoisotopic (exact) mass is 187 g/mol. The highest BCUT2D eigenvalue weighted by Crippen LogP contribution is 2.44. The maximum Gasteiger partial charge on any atom is 0.0991 e. The molecule has 0 aromatic heterocycles. The molecule has 2 rings (SSSR count). The van der Waals surface area contributed by atoms with Crippen molar-refractivity contribution in [3.8, 4) is 6.07 Å². The van der Waals surface area contributed by atoms with E-state index in [4.69, 9.17) is 10.00 Å². The van der Waals surface area contributed by atoms with Crippen LogP contribution in [0.1, 0.15) is 30.4 Å². The number of rotatable bonds is 2. The summed E-state index contributed by atoms with van der Waals surface area (Å²) in [5.41, 5.74) is 1.85. The van der Waals surface area contributed by atoms with E-state index < -0.39 is 0 Å². The van der Waals surface area contributed by atoms with E-state index in [0.29, 0.717) is 5.56 Å². The SMILES string of the molecule is COC1(c2ccc(C#N)cc2)CCC1. The molecular formula is C12H13NO. The van der Waals surface area contributed by atoms with Crippen LogP contribution in [0, 0.1) is 11.3 Å². The van der Waals surface area contributed by atoms with Crippen molar-refractivity contribution in [2.75, 3.05) is 7.11 Å². The second-order valence-electron chi connectivity index (χ2n) is 3.74. The molecule has 0 saturated heterocycles. The van der Waals surface area contributed by atoms with Gasteiger partial charge in [0, 0.05) is 7.11 Å². The van der Waals surface area contributed by atoms with Gasteiger partial charge in [0.2, 0.25) is 0 Å². The fraction of sp³-hybridized carbons (Fsp3) is 0.417. The molecule has 0 N–H and O–H groups in total. The summed E-state index contributed by atoms with van der Waals surface area (Å²) in [5, 5.41) is 8.68. The van der Waals surface area contributed by atoms with E-state index in [1.54, 1.807) is 7.11 Å². The number of methoxy groups -OCH3 is 1. The van der Waals surface area contributed by atoms with Gasteiger partial charge in [-0.15, -0.1) is 0 Å². The Morgan fingerprint density at radius 3 is 2.29 bits per heavy atom. The molecule has 0 aliphatic heterocycles. The smallest absolute Gasteiger partial charge is 0.0991 e. The minimum atomic E-state index is -0.0615. The van der Waals surface area contributed by atoms with Crippen LogP contribution < -0.4 is 0 Å². The third-order valence-electron chi connectivity index (χ3n) is 3.09. The summed E-state index contributed by atoms with van der Waals surface area (Å²) in [6.07, 6.45) is 3.42. The Balaban J connectivity index is 2.29. The number of benzene rings is 1. The second-order valence-corrected chi connectivity index (χ2v) is 3.74. The Kier molecular flexibility index (Phi) is 2.26. The van der Waals surface area contributed by atoms with Crippen molar-refractivity contribution in [3.05, 3.63) is 35.4 Å². The topological polar surface area (TPSA) is 33.0 Å². The molecule has 0 amide bonds. The minimum absolute atomic E-state index is 0.0615. The molecule has 0 spiro atoms. The molecule has 1 fully saturated rings. The lowest BCUT2D eigenvalue weighted by atomic mass is 9.75. The summed E-state index contributed by atoms with van der Waals surface area (Å²) in [6, 6.07) is 9.83. The lowest BCUT2D eigenvalue weighted by molar-refractivity contribution is -0.0778. The minimum Gasteiger partial charge on any atom is -0.374 e. The lowest BCUT2D eigenvalue weighted by Crippen LogP contribution is -2.35. The van der Waals surface area contributed by atoms with Crippen molar-refractivity contribution in [2.24, 2.45) is 0 Å². The summed E-state index contributed by atoms with van der Waals surface area (Å²) in [5.74, 6) is 0.